The van der Waals surface area contributed by atoms with Gasteiger partial charge in [0.15, 0.2) is 0 Å². The fourth-order valence-electron chi connectivity index (χ4n) is 3.35. The molecule has 0 fully saturated rings. The summed E-state index contributed by atoms with van der Waals surface area (Å²) in [6.07, 6.45) is 3.07. The van der Waals surface area contributed by atoms with Crippen molar-refractivity contribution in [3.05, 3.63) is 71.9 Å². The highest BCUT2D eigenvalue weighted by atomic mass is 16.5. The number of carbonyl (C=O) groups is 3. The average Bonchev–Trinajstić information content (AvgIpc) is 3.37. The molecule has 2 amide bonds. The van der Waals surface area contributed by atoms with Crippen molar-refractivity contribution in [2.45, 2.75) is 19.4 Å². The number of hydrogen-bond donors (Lipinski definition) is 2. The van der Waals surface area contributed by atoms with Gasteiger partial charge in [-0.2, -0.15) is 0 Å². The van der Waals surface area contributed by atoms with Crippen molar-refractivity contribution in [1.29, 1.82) is 0 Å². The molecule has 0 saturated heterocycles. The summed E-state index contributed by atoms with van der Waals surface area (Å²) in [5.74, 6) is -2.92. The molecule has 4 rings (SSSR count). The van der Waals surface area contributed by atoms with E-state index in [-0.39, 0.29) is 12.2 Å². The molecule has 31 heavy (non-hydrogen) atoms. The third-order valence-corrected chi connectivity index (χ3v) is 4.84. The Morgan fingerprint density at radius 1 is 1.13 bits per heavy atom. The lowest BCUT2D eigenvalue weighted by Gasteiger charge is -2.15. The summed E-state index contributed by atoms with van der Waals surface area (Å²) >= 11 is 0. The number of fused-ring (bicyclic) bond motifs is 1. The first-order valence-corrected chi connectivity index (χ1v) is 9.43. The molecule has 3 heterocycles. The number of nitrogens with zero attached hydrogens (tertiary/aromatic N) is 2. The molecule has 156 valence electrons. The van der Waals surface area contributed by atoms with E-state index >= 15 is 0 Å². The van der Waals surface area contributed by atoms with Crippen molar-refractivity contribution in [3.8, 4) is 11.3 Å². The van der Waals surface area contributed by atoms with Crippen molar-refractivity contribution < 1.29 is 23.3 Å². The van der Waals surface area contributed by atoms with Crippen LogP contribution in [0, 0.1) is 6.92 Å². The number of Topliss-reactive ketones (excluding diaryl/α,β-unsaturated/α-hetero) is 1. The Labute approximate surface area is 176 Å². The number of rotatable bonds is 7. The Balaban J connectivity index is 1.65. The van der Waals surface area contributed by atoms with E-state index in [4.69, 9.17) is 14.7 Å². The molecule has 1 unspecified atom stereocenters. The number of benzene rings is 1. The van der Waals surface area contributed by atoms with Crippen LogP contribution in [0.15, 0.2) is 63.9 Å². The number of furan rings is 1. The number of primary amides is 1. The summed E-state index contributed by atoms with van der Waals surface area (Å²) in [4.78, 5) is 41.3. The molecule has 0 aliphatic heterocycles. The van der Waals surface area contributed by atoms with Gasteiger partial charge in [-0.05, 0) is 25.1 Å². The number of nitrogens with two attached hydrogens (primary N) is 1. The number of hydrogen-bond acceptors (Lipinski definition) is 7. The van der Waals surface area contributed by atoms with E-state index in [0.29, 0.717) is 28.1 Å². The Kier molecular flexibility index (Phi) is 5.31. The van der Waals surface area contributed by atoms with Crippen LogP contribution in [-0.2, 0) is 16.0 Å². The third kappa shape index (κ3) is 3.93. The highest BCUT2D eigenvalue weighted by Crippen LogP contribution is 2.26. The molecule has 0 saturated carbocycles. The predicted molar refractivity (Wildman–Crippen MR) is 110 cm³/mol. The van der Waals surface area contributed by atoms with Gasteiger partial charge in [0, 0.05) is 23.6 Å². The maximum atomic E-state index is 13.0. The SMILES string of the molecule is Cc1noc(C(=O)NC(Cc2coc3ccccc23)C(=O)C(N)=O)c1-c1ccccn1. The number of ketones is 1. The number of para-hydroxylation sites is 1. The van der Waals surface area contributed by atoms with Gasteiger partial charge in [-0.25, -0.2) is 0 Å². The van der Waals surface area contributed by atoms with E-state index in [9.17, 15) is 14.4 Å². The zero-order chi connectivity index (χ0) is 22.0. The minimum atomic E-state index is -1.21. The molecule has 0 aliphatic rings. The van der Waals surface area contributed by atoms with Crippen LogP contribution in [0.5, 0.6) is 0 Å². The van der Waals surface area contributed by atoms with Crippen LogP contribution in [-0.4, -0.2) is 33.8 Å². The highest BCUT2D eigenvalue weighted by molar-refractivity contribution is 6.38. The lowest BCUT2D eigenvalue weighted by atomic mass is 10.0. The molecule has 0 bridgehead atoms. The van der Waals surface area contributed by atoms with Crippen molar-refractivity contribution in [3.63, 3.8) is 0 Å². The molecule has 1 aromatic carbocycles. The zero-order valence-corrected chi connectivity index (χ0v) is 16.5. The number of nitrogens with one attached hydrogen (secondary N) is 1. The van der Waals surface area contributed by atoms with Crippen LogP contribution < -0.4 is 11.1 Å². The first-order chi connectivity index (χ1) is 15.0. The summed E-state index contributed by atoms with van der Waals surface area (Å²) in [7, 11) is 0. The Bertz CT molecular complexity index is 1280. The van der Waals surface area contributed by atoms with Gasteiger partial charge in [0.25, 0.3) is 11.8 Å². The summed E-state index contributed by atoms with van der Waals surface area (Å²) < 4.78 is 10.7. The molecule has 3 N–H and O–H groups in total. The normalized spacial score (nSPS) is 11.9. The van der Waals surface area contributed by atoms with Gasteiger partial charge in [-0.15, -0.1) is 0 Å². The minimum absolute atomic E-state index is 0.0105. The predicted octanol–water partition coefficient (Wildman–Crippen LogP) is 2.19. The van der Waals surface area contributed by atoms with Gasteiger partial charge in [0.2, 0.25) is 11.5 Å². The van der Waals surface area contributed by atoms with Gasteiger partial charge in [-0.3, -0.25) is 19.4 Å². The Hall–Kier alpha value is -4.27. The van der Waals surface area contributed by atoms with Crippen molar-refractivity contribution in [2.75, 3.05) is 0 Å². The minimum Gasteiger partial charge on any atom is -0.464 e. The van der Waals surface area contributed by atoms with Crippen molar-refractivity contribution in [1.82, 2.24) is 15.5 Å². The van der Waals surface area contributed by atoms with Gasteiger partial charge >= 0.3 is 0 Å². The van der Waals surface area contributed by atoms with Crippen molar-refractivity contribution in [2.24, 2.45) is 5.73 Å². The fraction of sp³-hybridized carbons (Fsp3) is 0.136. The molecule has 1 atom stereocenters. The van der Waals surface area contributed by atoms with Crippen LogP contribution in [0.1, 0.15) is 21.8 Å². The first kappa shape index (κ1) is 20.0. The molecule has 9 heteroatoms. The molecule has 0 radical (unpaired) electrons. The van der Waals surface area contributed by atoms with E-state index in [0.717, 1.165) is 5.39 Å². The summed E-state index contributed by atoms with van der Waals surface area (Å²) in [5.41, 5.74) is 7.83. The molecular weight excluding hydrogens is 400 g/mol. The van der Waals surface area contributed by atoms with Crippen molar-refractivity contribution >= 4 is 28.6 Å². The summed E-state index contributed by atoms with van der Waals surface area (Å²) in [6, 6.07) is 11.2. The number of carbonyl (C=O) groups excluding carboxylic acids is 3. The average molecular weight is 418 g/mol. The smallest absolute Gasteiger partial charge is 0.291 e. The van der Waals surface area contributed by atoms with Crippen LogP contribution in [0.25, 0.3) is 22.2 Å². The second-order valence-electron chi connectivity index (χ2n) is 6.90. The molecule has 0 spiro atoms. The molecule has 3 aromatic heterocycles. The Morgan fingerprint density at radius 3 is 2.65 bits per heavy atom. The number of pyridine rings is 1. The standard InChI is InChI=1S/C22H18N4O5/c1-12-18(15-7-4-5-9-24-15)20(31-26-12)22(29)25-16(19(27)21(23)28)10-13-11-30-17-8-3-2-6-14(13)17/h2-9,11,16H,10H2,1H3,(H2,23,28)(H,25,29). The number of amides is 2. The second kappa shape index (κ2) is 8.23. The largest absolute Gasteiger partial charge is 0.464 e. The lowest BCUT2D eigenvalue weighted by Crippen LogP contribution is -2.47. The summed E-state index contributed by atoms with van der Waals surface area (Å²) in [5, 5.41) is 7.17. The highest BCUT2D eigenvalue weighted by Gasteiger charge is 2.30. The second-order valence-corrected chi connectivity index (χ2v) is 6.90. The maximum absolute atomic E-state index is 13.0. The van der Waals surface area contributed by atoms with E-state index < -0.39 is 23.6 Å². The van der Waals surface area contributed by atoms with Crippen LogP contribution in [0.4, 0.5) is 0 Å². The molecule has 9 nitrogen and oxygen atoms in total. The van der Waals surface area contributed by atoms with Gasteiger partial charge < -0.3 is 20.0 Å². The number of aryl methyl sites for hydroxylation is 1. The van der Waals surface area contributed by atoms with E-state index in [1.54, 1.807) is 37.4 Å². The van der Waals surface area contributed by atoms with E-state index in [2.05, 4.69) is 15.5 Å². The van der Waals surface area contributed by atoms with Crippen LogP contribution in [0.3, 0.4) is 0 Å². The summed E-state index contributed by atoms with van der Waals surface area (Å²) in [6.45, 7) is 1.67. The van der Waals surface area contributed by atoms with Crippen LogP contribution in [0.2, 0.25) is 0 Å². The zero-order valence-electron chi connectivity index (χ0n) is 16.5. The monoisotopic (exact) mass is 418 g/mol. The molecule has 4 aromatic rings. The number of aromatic nitrogens is 2. The maximum Gasteiger partial charge on any atom is 0.291 e. The molecule has 0 aliphatic carbocycles. The Morgan fingerprint density at radius 2 is 1.90 bits per heavy atom. The van der Waals surface area contributed by atoms with E-state index in [1.807, 2.05) is 18.2 Å². The van der Waals surface area contributed by atoms with E-state index in [1.165, 1.54) is 6.26 Å². The molecular formula is C22H18N4O5. The third-order valence-electron chi connectivity index (χ3n) is 4.84. The van der Waals surface area contributed by atoms with Gasteiger partial charge in [0.05, 0.1) is 23.2 Å². The van der Waals surface area contributed by atoms with Crippen LogP contribution >= 0.6 is 0 Å². The topological polar surface area (TPSA) is 141 Å². The lowest BCUT2D eigenvalue weighted by molar-refractivity contribution is -0.137. The van der Waals surface area contributed by atoms with Gasteiger partial charge in [-0.1, -0.05) is 29.4 Å². The van der Waals surface area contributed by atoms with Gasteiger partial charge in [0.1, 0.15) is 11.6 Å². The quantitative estimate of drug-likeness (QED) is 0.438. The fourth-order valence-corrected chi connectivity index (χ4v) is 3.35. The first-order valence-electron chi connectivity index (χ1n) is 9.43.